The summed E-state index contributed by atoms with van der Waals surface area (Å²) in [6.45, 7) is 10.4. The van der Waals surface area contributed by atoms with Crippen LogP contribution in [0, 0.1) is 17.8 Å². The first kappa shape index (κ1) is 15.7. The highest BCUT2D eigenvalue weighted by atomic mass is 16.2. The monoisotopic (exact) mass is 309 g/mol. The fourth-order valence-corrected chi connectivity index (χ4v) is 4.58. The number of likely N-dealkylation sites (tertiary alicyclic amines) is 1. The maximum atomic E-state index is 12.7. The van der Waals surface area contributed by atoms with E-state index in [1.807, 2.05) is 0 Å². The van der Waals surface area contributed by atoms with Crippen molar-refractivity contribution in [2.24, 2.45) is 23.5 Å². The molecule has 6 nitrogen and oxygen atoms in total. The molecule has 124 valence electrons. The molecular formula is C16H29N4O2+. The first-order valence-corrected chi connectivity index (χ1v) is 8.45. The van der Waals surface area contributed by atoms with E-state index in [0.717, 1.165) is 43.8 Å². The van der Waals surface area contributed by atoms with Crippen molar-refractivity contribution in [1.29, 1.82) is 0 Å². The number of hydrogen-bond donors (Lipinski definition) is 1. The smallest absolute Gasteiger partial charge is 0.272 e. The number of piperazine rings is 1. The Kier molecular flexibility index (Phi) is 3.93. The van der Waals surface area contributed by atoms with Crippen LogP contribution in [0.4, 0.5) is 0 Å². The normalized spacial score (nSPS) is 33.8. The Morgan fingerprint density at radius 3 is 2.14 bits per heavy atom. The highest BCUT2D eigenvalue weighted by Gasteiger charge is 2.65. The first-order valence-electron chi connectivity index (χ1n) is 8.45. The summed E-state index contributed by atoms with van der Waals surface area (Å²) in [6, 6.07) is 0.560. The largest absolute Gasteiger partial charge is 0.365 e. The lowest BCUT2D eigenvalue weighted by Gasteiger charge is -2.37. The predicted octanol–water partition coefficient (Wildman–Crippen LogP) is -0.653. The Bertz CT molecular complexity index is 459. The zero-order valence-electron chi connectivity index (χ0n) is 14.0. The molecule has 2 amide bonds. The zero-order valence-corrected chi connectivity index (χ0v) is 14.0. The van der Waals surface area contributed by atoms with Crippen LogP contribution in [0.15, 0.2) is 0 Å². The van der Waals surface area contributed by atoms with Gasteiger partial charge in [0.05, 0.1) is 26.1 Å². The molecule has 0 radical (unpaired) electrons. The van der Waals surface area contributed by atoms with Crippen LogP contribution in [0.3, 0.4) is 0 Å². The minimum atomic E-state index is -0.239. The molecule has 3 rings (SSSR count). The van der Waals surface area contributed by atoms with Crippen LogP contribution < -0.4 is 5.73 Å². The van der Waals surface area contributed by atoms with E-state index in [4.69, 9.17) is 5.73 Å². The van der Waals surface area contributed by atoms with E-state index < -0.39 is 0 Å². The number of hydrogen-bond acceptors (Lipinski definition) is 3. The Morgan fingerprint density at radius 2 is 1.68 bits per heavy atom. The standard InChI is InChI=1S/C16H28N4O2/c1-11(2)18-4-6-19(7-5-18)16(22)15-12-8-20(3,9-13(12)15)10-14(17)21/h11-13,15H,4-10H2,1-3H3,(H-,17,21)/p+1/t12-,13-,15?,20?/m1/s1. The number of primary amides is 1. The van der Waals surface area contributed by atoms with E-state index in [-0.39, 0.29) is 11.8 Å². The number of piperidine rings is 1. The van der Waals surface area contributed by atoms with Gasteiger partial charge in [-0.25, -0.2) is 0 Å². The number of likely N-dealkylation sites (N-methyl/N-ethyl adjacent to an activating group) is 1. The Hall–Kier alpha value is -1.14. The number of carbonyl (C=O) groups is 2. The van der Waals surface area contributed by atoms with E-state index >= 15 is 0 Å². The number of nitrogens with zero attached hydrogens (tertiary/aromatic N) is 3. The molecule has 2 saturated heterocycles. The lowest BCUT2D eigenvalue weighted by molar-refractivity contribution is -0.895. The SMILES string of the molecule is CC(C)N1CCN(C(=O)C2[C@@H]3C[N+](C)(CC(N)=O)C[C@@H]23)CC1. The fourth-order valence-electron chi connectivity index (χ4n) is 4.58. The second-order valence-electron chi connectivity index (χ2n) is 7.92. The highest BCUT2D eigenvalue weighted by Crippen LogP contribution is 2.54. The van der Waals surface area contributed by atoms with Crippen LogP contribution in [0.1, 0.15) is 13.8 Å². The van der Waals surface area contributed by atoms with Crippen LogP contribution in [0.2, 0.25) is 0 Å². The van der Waals surface area contributed by atoms with Gasteiger partial charge >= 0.3 is 0 Å². The second kappa shape index (κ2) is 5.49. The van der Waals surface area contributed by atoms with Crippen molar-refractivity contribution in [2.75, 3.05) is 52.9 Å². The van der Waals surface area contributed by atoms with Gasteiger partial charge in [0.15, 0.2) is 6.54 Å². The summed E-state index contributed by atoms with van der Waals surface area (Å²) in [6.07, 6.45) is 0. The van der Waals surface area contributed by atoms with Gasteiger partial charge < -0.3 is 15.1 Å². The second-order valence-corrected chi connectivity index (χ2v) is 7.92. The highest BCUT2D eigenvalue weighted by molar-refractivity contribution is 5.83. The van der Waals surface area contributed by atoms with Gasteiger partial charge in [0.2, 0.25) is 5.91 Å². The number of fused-ring (bicyclic) bond motifs is 1. The molecule has 2 atom stereocenters. The fraction of sp³-hybridized carbons (Fsp3) is 0.875. The van der Waals surface area contributed by atoms with E-state index in [1.54, 1.807) is 0 Å². The average molecular weight is 309 g/mol. The molecule has 0 unspecified atom stereocenters. The van der Waals surface area contributed by atoms with Gasteiger partial charge in [-0.2, -0.15) is 0 Å². The molecule has 2 heterocycles. The molecule has 0 bridgehead atoms. The van der Waals surface area contributed by atoms with Gasteiger partial charge in [0, 0.05) is 44.1 Å². The number of amides is 2. The van der Waals surface area contributed by atoms with Gasteiger partial charge in [-0.15, -0.1) is 0 Å². The van der Waals surface area contributed by atoms with Crippen LogP contribution in [-0.2, 0) is 9.59 Å². The summed E-state index contributed by atoms with van der Waals surface area (Å²) in [4.78, 5) is 28.3. The third-order valence-corrected chi connectivity index (χ3v) is 5.81. The minimum absolute atomic E-state index is 0.213. The van der Waals surface area contributed by atoms with E-state index in [2.05, 4.69) is 30.7 Å². The molecule has 0 aromatic carbocycles. The molecule has 3 aliphatic rings. The van der Waals surface area contributed by atoms with Crippen LogP contribution in [0.25, 0.3) is 0 Å². The van der Waals surface area contributed by atoms with E-state index in [0.29, 0.717) is 30.3 Å². The summed E-state index contributed by atoms with van der Waals surface area (Å²) < 4.78 is 0.718. The van der Waals surface area contributed by atoms with E-state index in [9.17, 15) is 9.59 Å². The van der Waals surface area contributed by atoms with Crippen LogP contribution in [0.5, 0.6) is 0 Å². The van der Waals surface area contributed by atoms with Gasteiger partial charge in [-0.05, 0) is 13.8 Å². The van der Waals surface area contributed by atoms with Crippen LogP contribution >= 0.6 is 0 Å². The number of quaternary nitrogens is 1. The Morgan fingerprint density at radius 1 is 1.14 bits per heavy atom. The van der Waals surface area contributed by atoms with Crippen molar-refractivity contribution in [3.05, 3.63) is 0 Å². The average Bonchev–Trinajstić information content (AvgIpc) is 2.96. The van der Waals surface area contributed by atoms with Crippen molar-refractivity contribution in [1.82, 2.24) is 9.80 Å². The first-order chi connectivity index (χ1) is 10.3. The molecule has 22 heavy (non-hydrogen) atoms. The van der Waals surface area contributed by atoms with Gasteiger partial charge in [0.1, 0.15) is 0 Å². The number of nitrogens with two attached hydrogens (primary N) is 1. The van der Waals surface area contributed by atoms with Crippen molar-refractivity contribution in [3.8, 4) is 0 Å². The minimum Gasteiger partial charge on any atom is -0.365 e. The summed E-state index contributed by atoms with van der Waals surface area (Å²) in [7, 11) is 2.08. The molecule has 1 saturated carbocycles. The maximum Gasteiger partial charge on any atom is 0.272 e. The Balaban J connectivity index is 1.50. The van der Waals surface area contributed by atoms with Crippen molar-refractivity contribution in [2.45, 2.75) is 19.9 Å². The van der Waals surface area contributed by atoms with Crippen molar-refractivity contribution < 1.29 is 14.1 Å². The van der Waals surface area contributed by atoms with Gasteiger partial charge in [0.25, 0.3) is 5.91 Å². The predicted molar refractivity (Wildman–Crippen MR) is 83.7 cm³/mol. The van der Waals surface area contributed by atoms with Crippen LogP contribution in [-0.4, -0.2) is 85.0 Å². The molecule has 2 aliphatic heterocycles. The molecule has 0 spiro atoms. The van der Waals surface area contributed by atoms with Crippen molar-refractivity contribution >= 4 is 11.8 Å². The van der Waals surface area contributed by atoms with Gasteiger partial charge in [-0.3, -0.25) is 14.5 Å². The molecule has 3 fully saturated rings. The summed E-state index contributed by atoms with van der Waals surface area (Å²) in [5.41, 5.74) is 5.33. The molecule has 0 aromatic rings. The number of carbonyl (C=O) groups excluding carboxylic acids is 2. The molecular weight excluding hydrogens is 280 g/mol. The van der Waals surface area contributed by atoms with Crippen molar-refractivity contribution in [3.63, 3.8) is 0 Å². The summed E-state index contributed by atoms with van der Waals surface area (Å²) in [5, 5.41) is 0. The topological polar surface area (TPSA) is 66.6 Å². The third kappa shape index (κ3) is 2.86. The quantitative estimate of drug-likeness (QED) is 0.702. The number of rotatable bonds is 4. The summed E-state index contributed by atoms with van der Waals surface area (Å²) >= 11 is 0. The van der Waals surface area contributed by atoms with E-state index in [1.165, 1.54) is 0 Å². The lowest BCUT2D eigenvalue weighted by Crippen LogP contribution is -2.53. The molecule has 1 aliphatic carbocycles. The molecule has 2 N–H and O–H groups in total. The molecule has 6 heteroatoms. The Labute approximate surface area is 132 Å². The summed E-state index contributed by atoms with van der Waals surface area (Å²) in [5.74, 6) is 1.27. The van der Waals surface area contributed by atoms with Gasteiger partial charge in [-0.1, -0.05) is 0 Å². The molecule has 0 aromatic heterocycles. The lowest BCUT2D eigenvalue weighted by atomic mass is 10.1. The zero-order chi connectivity index (χ0) is 16.1. The third-order valence-electron chi connectivity index (χ3n) is 5.81. The maximum absolute atomic E-state index is 12.7.